The second-order valence-corrected chi connectivity index (χ2v) is 8.66. The summed E-state index contributed by atoms with van der Waals surface area (Å²) in [4.78, 5) is 22.0. The highest BCUT2D eigenvalue weighted by molar-refractivity contribution is 5.91. The minimum Gasteiger partial charge on any atom is -0.493 e. The van der Waals surface area contributed by atoms with Gasteiger partial charge in [0.15, 0.2) is 17.3 Å². The molecule has 1 saturated heterocycles. The van der Waals surface area contributed by atoms with Crippen LogP contribution in [-0.4, -0.2) is 66.2 Å². The summed E-state index contributed by atoms with van der Waals surface area (Å²) in [5.74, 6) is 2.05. The van der Waals surface area contributed by atoms with E-state index in [9.17, 15) is 4.79 Å². The molecule has 0 bridgehead atoms. The number of hydrogen-bond donors (Lipinski definition) is 0. The summed E-state index contributed by atoms with van der Waals surface area (Å²) < 4.78 is 16.3. The van der Waals surface area contributed by atoms with Crippen LogP contribution in [0.4, 0.5) is 0 Å². The van der Waals surface area contributed by atoms with E-state index in [1.165, 1.54) is 5.56 Å². The molecule has 1 amide bonds. The van der Waals surface area contributed by atoms with Gasteiger partial charge in [0.2, 0.25) is 5.91 Å². The van der Waals surface area contributed by atoms with Gasteiger partial charge in [-0.15, -0.1) is 0 Å². The van der Waals surface area contributed by atoms with Crippen LogP contribution in [-0.2, 0) is 16.8 Å². The molecular formula is C25H28N4O4. The number of benzene rings is 1. The van der Waals surface area contributed by atoms with E-state index in [1.54, 1.807) is 20.4 Å². The number of ether oxygens (including phenoxy) is 2. The van der Waals surface area contributed by atoms with Gasteiger partial charge in [0.25, 0.3) is 0 Å². The second-order valence-electron chi connectivity index (χ2n) is 8.66. The Morgan fingerprint density at radius 2 is 1.85 bits per heavy atom. The highest BCUT2D eigenvalue weighted by Gasteiger charge is 2.55. The van der Waals surface area contributed by atoms with Gasteiger partial charge in [-0.05, 0) is 42.7 Å². The third kappa shape index (κ3) is 4.18. The normalized spacial score (nSPS) is 17.6. The van der Waals surface area contributed by atoms with Gasteiger partial charge in [-0.3, -0.25) is 14.7 Å². The zero-order valence-electron chi connectivity index (χ0n) is 19.0. The average molecular weight is 449 g/mol. The van der Waals surface area contributed by atoms with Crippen molar-refractivity contribution in [3.63, 3.8) is 0 Å². The van der Waals surface area contributed by atoms with Gasteiger partial charge in [-0.1, -0.05) is 11.2 Å². The van der Waals surface area contributed by atoms with E-state index < -0.39 is 5.41 Å². The van der Waals surface area contributed by atoms with Crippen molar-refractivity contribution < 1.29 is 18.8 Å². The number of nitrogens with zero attached hydrogens (tertiary/aromatic N) is 4. The Hall–Kier alpha value is -3.39. The standard InChI is InChI=1S/C25H28N4O4/c1-31-20-6-5-19(14-22(20)32-2)21-15-23(27-33-21)25(7-8-25)24(30)29-12-10-28(11-13-29)17-18-4-3-9-26-16-18/h3-6,9,14-16H,7-8,10-13,17H2,1-2H3. The van der Waals surface area contributed by atoms with Gasteiger partial charge in [-0.25, -0.2) is 0 Å². The van der Waals surface area contributed by atoms with Crippen molar-refractivity contribution in [2.75, 3.05) is 40.4 Å². The summed E-state index contributed by atoms with van der Waals surface area (Å²) in [6.45, 7) is 4.01. The predicted molar refractivity (Wildman–Crippen MR) is 122 cm³/mol. The Labute approximate surface area is 193 Å². The number of carbonyl (C=O) groups excluding carboxylic acids is 1. The molecule has 1 aliphatic heterocycles. The highest BCUT2D eigenvalue weighted by atomic mass is 16.5. The third-order valence-electron chi connectivity index (χ3n) is 6.62. The number of methoxy groups -OCH3 is 2. The van der Waals surface area contributed by atoms with Crippen LogP contribution in [0, 0.1) is 0 Å². The first-order valence-electron chi connectivity index (χ1n) is 11.2. The number of pyridine rings is 1. The van der Waals surface area contributed by atoms with Gasteiger partial charge >= 0.3 is 0 Å². The van der Waals surface area contributed by atoms with Crippen molar-refractivity contribution in [1.82, 2.24) is 19.9 Å². The summed E-state index contributed by atoms with van der Waals surface area (Å²) in [6, 6.07) is 11.5. The van der Waals surface area contributed by atoms with Crippen LogP contribution >= 0.6 is 0 Å². The molecule has 8 heteroatoms. The number of aromatic nitrogens is 2. The summed E-state index contributed by atoms with van der Waals surface area (Å²) in [7, 11) is 3.20. The monoisotopic (exact) mass is 448 g/mol. The Bertz CT molecular complexity index is 1120. The number of piperazine rings is 1. The summed E-state index contributed by atoms with van der Waals surface area (Å²) >= 11 is 0. The van der Waals surface area contributed by atoms with Crippen molar-refractivity contribution in [3.8, 4) is 22.8 Å². The van der Waals surface area contributed by atoms with E-state index in [-0.39, 0.29) is 5.91 Å². The van der Waals surface area contributed by atoms with Crippen LogP contribution in [0.2, 0.25) is 0 Å². The molecule has 8 nitrogen and oxygen atoms in total. The fourth-order valence-corrected chi connectivity index (χ4v) is 4.49. The topological polar surface area (TPSA) is 80.9 Å². The number of amides is 1. The van der Waals surface area contributed by atoms with Crippen LogP contribution < -0.4 is 9.47 Å². The fourth-order valence-electron chi connectivity index (χ4n) is 4.49. The maximum atomic E-state index is 13.5. The maximum absolute atomic E-state index is 13.5. The van der Waals surface area contributed by atoms with Crippen LogP contribution in [0.15, 0.2) is 53.3 Å². The first-order valence-corrected chi connectivity index (χ1v) is 11.2. The lowest BCUT2D eigenvalue weighted by Gasteiger charge is -2.36. The molecule has 2 fully saturated rings. The van der Waals surface area contributed by atoms with E-state index in [1.807, 2.05) is 41.4 Å². The minimum atomic E-state index is -0.552. The molecule has 2 aliphatic rings. The third-order valence-corrected chi connectivity index (χ3v) is 6.62. The zero-order chi connectivity index (χ0) is 22.8. The predicted octanol–water partition coefficient (Wildman–Crippen LogP) is 3.13. The Balaban J connectivity index is 1.26. The molecule has 0 unspecified atom stereocenters. The van der Waals surface area contributed by atoms with Crippen LogP contribution in [0.5, 0.6) is 11.5 Å². The van der Waals surface area contributed by atoms with Crippen molar-refractivity contribution in [1.29, 1.82) is 0 Å². The molecule has 0 atom stereocenters. The lowest BCUT2D eigenvalue weighted by atomic mass is 9.99. The SMILES string of the molecule is COc1ccc(-c2cc(C3(C(=O)N4CCN(Cc5cccnc5)CC4)CC3)no2)cc1OC. The first kappa shape index (κ1) is 21.5. The number of hydrogen-bond acceptors (Lipinski definition) is 7. The van der Waals surface area contributed by atoms with Crippen molar-refractivity contribution in [3.05, 3.63) is 60.0 Å². The largest absolute Gasteiger partial charge is 0.493 e. The summed E-state index contributed by atoms with van der Waals surface area (Å²) in [5, 5.41) is 4.30. The van der Waals surface area contributed by atoms with E-state index in [2.05, 4.69) is 21.1 Å². The van der Waals surface area contributed by atoms with Crippen molar-refractivity contribution in [2.45, 2.75) is 24.8 Å². The molecule has 1 saturated carbocycles. The molecule has 0 N–H and O–H groups in total. The molecular weight excluding hydrogens is 420 g/mol. The Morgan fingerprint density at radius 1 is 1.06 bits per heavy atom. The van der Waals surface area contributed by atoms with Gasteiger partial charge in [0, 0.05) is 56.7 Å². The van der Waals surface area contributed by atoms with E-state index >= 15 is 0 Å². The van der Waals surface area contributed by atoms with Gasteiger partial charge < -0.3 is 18.9 Å². The van der Waals surface area contributed by atoms with Gasteiger partial charge in [-0.2, -0.15) is 0 Å². The van der Waals surface area contributed by atoms with Crippen LogP contribution in [0.25, 0.3) is 11.3 Å². The molecule has 2 aromatic heterocycles. The van der Waals surface area contributed by atoms with E-state index in [4.69, 9.17) is 14.0 Å². The Kier molecular flexibility index (Phi) is 5.76. The van der Waals surface area contributed by atoms with E-state index in [0.717, 1.165) is 56.8 Å². The molecule has 3 aromatic rings. The van der Waals surface area contributed by atoms with E-state index in [0.29, 0.717) is 17.3 Å². The second kappa shape index (κ2) is 8.86. The van der Waals surface area contributed by atoms with Crippen LogP contribution in [0.3, 0.4) is 0 Å². The number of carbonyl (C=O) groups is 1. The molecule has 1 aliphatic carbocycles. The van der Waals surface area contributed by atoms with Gasteiger partial charge in [0.05, 0.1) is 25.3 Å². The molecule has 0 spiro atoms. The molecule has 0 radical (unpaired) electrons. The summed E-state index contributed by atoms with van der Waals surface area (Å²) in [5.41, 5.74) is 2.19. The lowest BCUT2D eigenvalue weighted by molar-refractivity contribution is -0.136. The molecule has 5 rings (SSSR count). The highest BCUT2D eigenvalue weighted by Crippen LogP contribution is 2.50. The lowest BCUT2D eigenvalue weighted by Crippen LogP contribution is -2.51. The molecule has 1 aromatic carbocycles. The summed E-state index contributed by atoms with van der Waals surface area (Å²) in [6.07, 6.45) is 5.30. The number of rotatable bonds is 7. The minimum absolute atomic E-state index is 0.163. The van der Waals surface area contributed by atoms with Crippen LogP contribution in [0.1, 0.15) is 24.1 Å². The zero-order valence-corrected chi connectivity index (χ0v) is 19.0. The van der Waals surface area contributed by atoms with Crippen molar-refractivity contribution >= 4 is 5.91 Å². The Morgan fingerprint density at radius 3 is 2.52 bits per heavy atom. The molecule has 172 valence electrons. The fraction of sp³-hybridized carbons (Fsp3) is 0.400. The molecule has 33 heavy (non-hydrogen) atoms. The smallest absolute Gasteiger partial charge is 0.235 e. The van der Waals surface area contributed by atoms with Gasteiger partial charge in [0.1, 0.15) is 0 Å². The van der Waals surface area contributed by atoms with Crippen molar-refractivity contribution in [2.24, 2.45) is 0 Å². The average Bonchev–Trinajstić information content (AvgIpc) is 3.53. The maximum Gasteiger partial charge on any atom is 0.235 e. The molecule has 3 heterocycles. The first-order chi connectivity index (χ1) is 16.1. The quantitative estimate of drug-likeness (QED) is 0.549.